The molecule has 0 atom stereocenters. The Bertz CT molecular complexity index is 545. The maximum atomic E-state index is 5.80. The van der Waals surface area contributed by atoms with Gasteiger partial charge >= 0.3 is 0 Å². The van der Waals surface area contributed by atoms with Crippen molar-refractivity contribution in [1.82, 2.24) is 4.98 Å². The average molecular weight is 243 g/mol. The van der Waals surface area contributed by atoms with E-state index in [2.05, 4.69) is 49.9 Å². The van der Waals surface area contributed by atoms with Crippen molar-refractivity contribution in [2.45, 2.75) is 27.3 Å². The van der Waals surface area contributed by atoms with E-state index < -0.39 is 0 Å². The minimum absolute atomic E-state index is 0.533. The summed E-state index contributed by atoms with van der Waals surface area (Å²) in [5, 5.41) is 1.20. The fraction of sp³-hybridized carbons (Fsp3) is 0.400. The molecule has 18 heavy (non-hydrogen) atoms. The van der Waals surface area contributed by atoms with Crippen LogP contribution in [0.25, 0.3) is 10.9 Å². The first kappa shape index (κ1) is 12.8. The Hall–Kier alpha value is -1.61. The highest BCUT2D eigenvalue weighted by atomic mass is 15.2. The van der Waals surface area contributed by atoms with E-state index >= 15 is 0 Å². The van der Waals surface area contributed by atoms with Gasteiger partial charge in [-0.2, -0.15) is 0 Å². The van der Waals surface area contributed by atoms with Crippen molar-refractivity contribution in [3.63, 3.8) is 0 Å². The van der Waals surface area contributed by atoms with Crippen molar-refractivity contribution in [3.05, 3.63) is 35.4 Å². The van der Waals surface area contributed by atoms with Gasteiger partial charge in [0.15, 0.2) is 0 Å². The molecule has 3 heteroatoms. The second kappa shape index (κ2) is 5.36. The number of pyridine rings is 1. The van der Waals surface area contributed by atoms with Gasteiger partial charge in [-0.05, 0) is 38.0 Å². The van der Waals surface area contributed by atoms with Crippen molar-refractivity contribution in [2.75, 3.05) is 18.0 Å². The lowest BCUT2D eigenvalue weighted by Gasteiger charge is -2.21. The van der Waals surface area contributed by atoms with Crippen LogP contribution in [0.15, 0.2) is 24.3 Å². The lowest BCUT2D eigenvalue weighted by Crippen LogP contribution is -2.23. The molecule has 2 rings (SSSR count). The molecule has 0 spiro atoms. The number of nitrogens with zero attached hydrogens (tertiary/aromatic N) is 2. The molecule has 0 amide bonds. The van der Waals surface area contributed by atoms with Gasteiger partial charge in [-0.15, -0.1) is 0 Å². The second-order valence-electron chi connectivity index (χ2n) is 4.49. The number of aromatic nitrogens is 1. The lowest BCUT2D eigenvalue weighted by atomic mass is 10.1. The van der Waals surface area contributed by atoms with E-state index in [9.17, 15) is 0 Å². The number of rotatable bonds is 4. The number of aryl methyl sites for hydroxylation is 1. The monoisotopic (exact) mass is 243 g/mol. The summed E-state index contributed by atoms with van der Waals surface area (Å²) < 4.78 is 0. The molecule has 2 aromatic rings. The first-order valence-electron chi connectivity index (χ1n) is 6.55. The van der Waals surface area contributed by atoms with Gasteiger partial charge in [0, 0.05) is 25.0 Å². The Morgan fingerprint density at radius 3 is 2.56 bits per heavy atom. The highest BCUT2D eigenvalue weighted by molar-refractivity contribution is 5.86. The third-order valence-electron chi connectivity index (χ3n) is 3.42. The van der Waals surface area contributed by atoms with Crippen molar-refractivity contribution >= 4 is 16.7 Å². The fourth-order valence-electron chi connectivity index (χ4n) is 2.33. The summed E-state index contributed by atoms with van der Waals surface area (Å²) in [5.74, 6) is 1.05. The topological polar surface area (TPSA) is 42.1 Å². The minimum atomic E-state index is 0.533. The smallest absolute Gasteiger partial charge is 0.129 e. The summed E-state index contributed by atoms with van der Waals surface area (Å²) in [5.41, 5.74) is 9.22. The normalized spacial score (nSPS) is 10.9. The molecule has 0 bridgehead atoms. The largest absolute Gasteiger partial charge is 0.357 e. The van der Waals surface area contributed by atoms with E-state index in [1.54, 1.807) is 0 Å². The van der Waals surface area contributed by atoms with E-state index in [1.165, 1.54) is 10.9 Å². The zero-order valence-corrected chi connectivity index (χ0v) is 11.4. The van der Waals surface area contributed by atoms with E-state index in [0.29, 0.717) is 6.54 Å². The molecular weight excluding hydrogens is 222 g/mol. The first-order valence-corrected chi connectivity index (χ1v) is 6.55. The molecule has 3 nitrogen and oxygen atoms in total. The fourth-order valence-corrected chi connectivity index (χ4v) is 2.33. The van der Waals surface area contributed by atoms with Crippen LogP contribution in [0.1, 0.15) is 25.0 Å². The van der Waals surface area contributed by atoms with E-state index in [0.717, 1.165) is 30.0 Å². The summed E-state index contributed by atoms with van der Waals surface area (Å²) in [4.78, 5) is 7.06. The number of benzene rings is 1. The molecule has 1 aromatic carbocycles. The summed E-state index contributed by atoms with van der Waals surface area (Å²) in [7, 11) is 0. The molecular formula is C15H21N3. The predicted octanol–water partition coefficient (Wildman–Crippen LogP) is 2.85. The number of para-hydroxylation sites is 1. The number of anilines is 1. The van der Waals surface area contributed by atoms with Gasteiger partial charge in [0.2, 0.25) is 0 Å². The molecule has 1 heterocycles. The maximum Gasteiger partial charge on any atom is 0.129 e. The Kier molecular flexibility index (Phi) is 3.82. The standard InChI is InChI=1S/C15H21N3/c1-4-18(5-2)14-9-11(3)13-8-6-7-12(10-16)15(13)17-14/h6-9H,4-5,10,16H2,1-3H3. The van der Waals surface area contributed by atoms with Gasteiger partial charge in [0.05, 0.1) is 5.52 Å². The summed E-state index contributed by atoms with van der Waals surface area (Å²) >= 11 is 0. The quantitative estimate of drug-likeness (QED) is 0.898. The predicted molar refractivity (Wildman–Crippen MR) is 77.9 cm³/mol. The molecule has 0 aliphatic heterocycles. The number of hydrogen-bond acceptors (Lipinski definition) is 3. The van der Waals surface area contributed by atoms with Crippen LogP contribution in [-0.2, 0) is 6.54 Å². The first-order chi connectivity index (χ1) is 8.71. The number of hydrogen-bond donors (Lipinski definition) is 1. The van der Waals surface area contributed by atoms with Gasteiger partial charge in [0.1, 0.15) is 5.82 Å². The Balaban J connectivity index is 2.66. The average Bonchev–Trinajstić information content (AvgIpc) is 2.39. The van der Waals surface area contributed by atoms with E-state index in [4.69, 9.17) is 10.7 Å². The van der Waals surface area contributed by atoms with Crippen LogP contribution in [0.4, 0.5) is 5.82 Å². The molecule has 0 aliphatic carbocycles. The molecule has 2 N–H and O–H groups in total. The van der Waals surface area contributed by atoms with Crippen LogP contribution in [0.5, 0.6) is 0 Å². The lowest BCUT2D eigenvalue weighted by molar-refractivity contribution is 0.848. The van der Waals surface area contributed by atoms with Crippen LogP contribution in [0.3, 0.4) is 0 Å². The van der Waals surface area contributed by atoms with Crippen LogP contribution >= 0.6 is 0 Å². The molecule has 0 unspecified atom stereocenters. The Labute approximate surface area is 109 Å². The van der Waals surface area contributed by atoms with Gasteiger partial charge in [0.25, 0.3) is 0 Å². The van der Waals surface area contributed by atoms with Gasteiger partial charge in [-0.3, -0.25) is 0 Å². The van der Waals surface area contributed by atoms with Crippen molar-refractivity contribution in [2.24, 2.45) is 5.73 Å². The van der Waals surface area contributed by atoms with Crippen LogP contribution in [0, 0.1) is 6.92 Å². The third kappa shape index (κ3) is 2.18. The molecule has 0 saturated carbocycles. The molecule has 0 aliphatic rings. The van der Waals surface area contributed by atoms with Crippen LogP contribution < -0.4 is 10.6 Å². The summed E-state index contributed by atoms with van der Waals surface area (Å²) in [6.07, 6.45) is 0. The van der Waals surface area contributed by atoms with Crippen molar-refractivity contribution in [3.8, 4) is 0 Å². The second-order valence-corrected chi connectivity index (χ2v) is 4.49. The SMILES string of the molecule is CCN(CC)c1cc(C)c2cccc(CN)c2n1. The summed E-state index contributed by atoms with van der Waals surface area (Å²) in [6, 6.07) is 8.38. The molecule has 0 saturated heterocycles. The summed E-state index contributed by atoms with van der Waals surface area (Å²) in [6.45, 7) is 8.92. The zero-order chi connectivity index (χ0) is 13.1. The zero-order valence-electron chi connectivity index (χ0n) is 11.4. The van der Waals surface area contributed by atoms with Gasteiger partial charge < -0.3 is 10.6 Å². The highest BCUT2D eigenvalue weighted by Crippen LogP contribution is 2.24. The highest BCUT2D eigenvalue weighted by Gasteiger charge is 2.09. The molecule has 1 aromatic heterocycles. The molecule has 96 valence electrons. The van der Waals surface area contributed by atoms with Crippen molar-refractivity contribution < 1.29 is 0 Å². The van der Waals surface area contributed by atoms with Crippen LogP contribution in [-0.4, -0.2) is 18.1 Å². The number of nitrogens with two attached hydrogens (primary N) is 1. The van der Waals surface area contributed by atoms with E-state index in [-0.39, 0.29) is 0 Å². The Morgan fingerprint density at radius 1 is 1.22 bits per heavy atom. The van der Waals surface area contributed by atoms with Crippen LogP contribution in [0.2, 0.25) is 0 Å². The maximum absolute atomic E-state index is 5.80. The molecule has 0 fully saturated rings. The van der Waals surface area contributed by atoms with Gasteiger partial charge in [-0.1, -0.05) is 18.2 Å². The third-order valence-corrected chi connectivity index (χ3v) is 3.42. The number of fused-ring (bicyclic) bond motifs is 1. The Morgan fingerprint density at radius 2 is 1.94 bits per heavy atom. The van der Waals surface area contributed by atoms with Crippen molar-refractivity contribution in [1.29, 1.82) is 0 Å². The molecule has 0 radical (unpaired) electrons. The van der Waals surface area contributed by atoms with Gasteiger partial charge in [-0.25, -0.2) is 4.98 Å². The van der Waals surface area contributed by atoms with E-state index in [1.807, 2.05) is 0 Å². The minimum Gasteiger partial charge on any atom is -0.357 e.